The summed E-state index contributed by atoms with van der Waals surface area (Å²) in [5, 5.41) is 13.8. The van der Waals surface area contributed by atoms with Crippen molar-refractivity contribution in [2.75, 3.05) is 13.7 Å². The van der Waals surface area contributed by atoms with Crippen LogP contribution in [0.5, 0.6) is 11.5 Å². The second-order valence-corrected chi connectivity index (χ2v) is 6.05. The van der Waals surface area contributed by atoms with Crippen LogP contribution in [0.3, 0.4) is 0 Å². The minimum atomic E-state index is -0.172. The Bertz CT molecular complexity index is 957. The fraction of sp³-hybridized carbons (Fsp3) is 0.190. The lowest BCUT2D eigenvalue weighted by molar-refractivity contribution is -0.116. The third kappa shape index (κ3) is 3.88. The van der Waals surface area contributed by atoms with E-state index in [9.17, 15) is 9.90 Å². The summed E-state index contributed by atoms with van der Waals surface area (Å²) in [6.45, 7) is 3.32. The Morgan fingerprint density at radius 2 is 2.04 bits per heavy atom. The second-order valence-electron chi connectivity index (χ2n) is 6.05. The highest BCUT2D eigenvalue weighted by Gasteiger charge is 2.05. The molecule has 0 bridgehead atoms. The predicted molar refractivity (Wildman–Crippen MR) is 103 cm³/mol. The molecule has 3 aromatic rings. The molecule has 5 heteroatoms. The predicted octanol–water partition coefficient (Wildman–Crippen LogP) is 3.49. The number of aryl methyl sites for hydroxylation is 1. The molecule has 0 fully saturated rings. The Kier molecular flexibility index (Phi) is 5.27. The van der Waals surface area contributed by atoms with Crippen molar-refractivity contribution in [3.05, 3.63) is 65.9 Å². The maximum absolute atomic E-state index is 12.0. The van der Waals surface area contributed by atoms with Crippen molar-refractivity contribution in [3.8, 4) is 11.5 Å². The van der Waals surface area contributed by atoms with Gasteiger partial charge < -0.3 is 19.7 Å². The molecular weight excluding hydrogens is 328 g/mol. The molecule has 2 N–H and O–H groups in total. The number of para-hydroxylation sites is 1. The molecule has 26 heavy (non-hydrogen) atoms. The van der Waals surface area contributed by atoms with Crippen LogP contribution in [0.15, 0.2) is 54.6 Å². The van der Waals surface area contributed by atoms with Crippen molar-refractivity contribution in [2.45, 2.75) is 13.5 Å². The van der Waals surface area contributed by atoms with E-state index in [4.69, 9.17) is 4.74 Å². The minimum absolute atomic E-state index is 0.0463. The highest BCUT2D eigenvalue weighted by molar-refractivity contribution is 5.91. The SMILES string of the molecule is COc1ccc(C=CC(=O)NCCn2c(C)cc3ccccc32)cc1O. The van der Waals surface area contributed by atoms with Crippen LogP contribution in [0.2, 0.25) is 0 Å². The highest BCUT2D eigenvalue weighted by atomic mass is 16.5. The number of nitrogens with one attached hydrogen (secondary N) is 1. The molecule has 0 saturated carbocycles. The Morgan fingerprint density at radius 3 is 2.81 bits per heavy atom. The van der Waals surface area contributed by atoms with Crippen LogP contribution >= 0.6 is 0 Å². The maximum atomic E-state index is 12.0. The molecule has 1 amide bonds. The molecule has 1 aromatic heterocycles. The minimum Gasteiger partial charge on any atom is -0.504 e. The fourth-order valence-electron chi connectivity index (χ4n) is 2.98. The summed E-state index contributed by atoms with van der Waals surface area (Å²) >= 11 is 0. The maximum Gasteiger partial charge on any atom is 0.244 e. The van der Waals surface area contributed by atoms with Gasteiger partial charge in [0, 0.05) is 30.4 Å². The third-order valence-electron chi connectivity index (χ3n) is 4.28. The molecule has 0 unspecified atom stereocenters. The van der Waals surface area contributed by atoms with Crippen molar-refractivity contribution in [2.24, 2.45) is 0 Å². The van der Waals surface area contributed by atoms with Crippen molar-refractivity contribution in [1.29, 1.82) is 0 Å². The molecule has 0 atom stereocenters. The number of phenolic OH excluding ortho intramolecular Hbond substituents is 1. The van der Waals surface area contributed by atoms with Crippen LogP contribution in [0.1, 0.15) is 11.3 Å². The lowest BCUT2D eigenvalue weighted by atomic mass is 10.2. The van der Waals surface area contributed by atoms with Crippen LogP contribution in [-0.4, -0.2) is 29.2 Å². The summed E-state index contributed by atoms with van der Waals surface area (Å²) in [7, 11) is 1.49. The zero-order chi connectivity index (χ0) is 18.5. The summed E-state index contributed by atoms with van der Waals surface area (Å²) in [5.41, 5.74) is 3.07. The van der Waals surface area contributed by atoms with E-state index >= 15 is 0 Å². The lowest BCUT2D eigenvalue weighted by Crippen LogP contribution is -2.25. The van der Waals surface area contributed by atoms with Crippen LogP contribution in [-0.2, 0) is 11.3 Å². The summed E-state index contributed by atoms with van der Waals surface area (Å²) in [5.74, 6) is 0.278. The number of carbonyl (C=O) groups excluding carboxylic acids is 1. The molecule has 3 rings (SSSR count). The number of hydrogen-bond donors (Lipinski definition) is 2. The topological polar surface area (TPSA) is 63.5 Å². The van der Waals surface area contributed by atoms with Gasteiger partial charge in [-0.05, 0) is 48.2 Å². The van der Waals surface area contributed by atoms with E-state index < -0.39 is 0 Å². The van der Waals surface area contributed by atoms with Gasteiger partial charge in [-0.25, -0.2) is 0 Å². The van der Waals surface area contributed by atoms with Crippen molar-refractivity contribution >= 4 is 22.9 Å². The van der Waals surface area contributed by atoms with E-state index in [1.165, 1.54) is 29.8 Å². The summed E-state index contributed by atoms with van der Waals surface area (Å²) in [6.07, 6.45) is 3.12. The van der Waals surface area contributed by atoms with Crippen LogP contribution in [0.4, 0.5) is 0 Å². The summed E-state index contributed by atoms with van der Waals surface area (Å²) in [4.78, 5) is 12.0. The smallest absolute Gasteiger partial charge is 0.244 e. The lowest BCUT2D eigenvalue weighted by Gasteiger charge is -2.08. The van der Waals surface area contributed by atoms with Crippen molar-refractivity contribution < 1.29 is 14.6 Å². The zero-order valence-corrected chi connectivity index (χ0v) is 14.9. The van der Waals surface area contributed by atoms with Crippen LogP contribution in [0, 0.1) is 6.92 Å². The quantitative estimate of drug-likeness (QED) is 0.669. The van der Waals surface area contributed by atoms with Gasteiger partial charge >= 0.3 is 0 Å². The number of phenols is 1. The number of benzene rings is 2. The third-order valence-corrected chi connectivity index (χ3v) is 4.28. The average Bonchev–Trinajstić information content (AvgIpc) is 2.95. The van der Waals surface area contributed by atoms with E-state index in [0.717, 1.165) is 5.56 Å². The molecule has 0 radical (unpaired) electrons. The molecule has 0 spiro atoms. The molecule has 2 aromatic carbocycles. The molecular formula is C21H22N2O3. The molecule has 1 heterocycles. The normalized spacial score (nSPS) is 11.2. The summed E-state index contributed by atoms with van der Waals surface area (Å²) in [6, 6.07) is 15.3. The Morgan fingerprint density at radius 1 is 1.23 bits per heavy atom. The van der Waals surface area contributed by atoms with E-state index in [-0.39, 0.29) is 11.7 Å². The van der Waals surface area contributed by atoms with E-state index in [0.29, 0.717) is 18.8 Å². The number of ether oxygens (including phenoxy) is 1. The number of amides is 1. The van der Waals surface area contributed by atoms with Gasteiger partial charge in [-0.3, -0.25) is 4.79 Å². The van der Waals surface area contributed by atoms with Crippen LogP contribution in [0.25, 0.3) is 17.0 Å². The van der Waals surface area contributed by atoms with Gasteiger partial charge in [0.05, 0.1) is 7.11 Å². The first-order chi connectivity index (χ1) is 12.6. The van der Waals surface area contributed by atoms with E-state index in [2.05, 4.69) is 35.0 Å². The first kappa shape index (κ1) is 17.6. The van der Waals surface area contributed by atoms with Crippen molar-refractivity contribution in [1.82, 2.24) is 9.88 Å². The number of aromatic nitrogens is 1. The number of rotatable bonds is 6. The number of fused-ring (bicyclic) bond motifs is 1. The molecule has 134 valence electrons. The van der Waals surface area contributed by atoms with Gasteiger partial charge in [0.15, 0.2) is 11.5 Å². The number of aromatic hydroxyl groups is 1. The van der Waals surface area contributed by atoms with E-state index in [1.807, 2.05) is 12.1 Å². The highest BCUT2D eigenvalue weighted by Crippen LogP contribution is 2.26. The largest absolute Gasteiger partial charge is 0.504 e. The molecule has 0 saturated heterocycles. The first-order valence-electron chi connectivity index (χ1n) is 8.46. The fourth-order valence-corrected chi connectivity index (χ4v) is 2.98. The molecule has 5 nitrogen and oxygen atoms in total. The van der Waals surface area contributed by atoms with Gasteiger partial charge in [-0.2, -0.15) is 0 Å². The van der Waals surface area contributed by atoms with Gasteiger partial charge in [0.25, 0.3) is 0 Å². The number of hydrogen-bond acceptors (Lipinski definition) is 3. The second kappa shape index (κ2) is 7.78. The van der Waals surface area contributed by atoms with Gasteiger partial charge in [0.1, 0.15) is 0 Å². The van der Waals surface area contributed by atoms with Gasteiger partial charge in [-0.15, -0.1) is 0 Å². The monoisotopic (exact) mass is 350 g/mol. The van der Waals surface area contributed by atoms with Crippen molar-refractivity contribution in [3.63, 3.8) is 0 Å². The molecule has 0 aliphatic carbocycles. The zero-order valence-electron chi connectivity index (χ0n) is 14.9. The van der Waals surface area contributed by atoms with Gasteiger partial charge in [-0.1, -0.05) is 24.3 Å². The Hall–Kier alpha value is -3.21. The molecule has 0 aliphatic rings. The van der Waals surface area contributed by atoms with Crippen LogP contribution < -0.4 is 10.1 Å². The van der Waals surface area contributed by atoms with Gasteiger partial charge in [0.2, 0.25) is 5.91 Å². The standard InChI is InChI=1S/C21H22N2O3/c1-15-13-17-5-3-4-6-18(17)23(15)12-11-22-21(25)10-8-16-7-9-20(26-2)19(24)14-16/h3-10,13-14,24H,11-12H2,1-2H3,(H,22,25). The number of methoxy groups -OCH3 is 1. The average molecular weight is 350 g/mol. The number of carbonyl (C=O) groups is 1. The summed E-state index contributed by atoms with van der Waals surface area (Å²) < 4.78 is 7.19. The molecule has 0 aliphatic heterocycles. The Balaban J connectivity index is 1.57. The number of nitrogens with zero attached hydrogens (tertiary/aromatic N) is 1. The first-order valence-corrected chi connectivity index (χ1v) is 8.46. The Labute approximate surface area is 152 Å². The van der Waals surface area contributed by atoms with E-state index in [1.54, 1.807) is 24.3 Å².